The van der Waals surface area contributed by atoms with Gasteiger partial charge >= 0.3 is 0 Å². The molecule has 197 valence electrons. The number of rotatable bonds is 4. The molecule has 7 rings (SSSR count). The van der Waals surface area contributed by atoms with Crippen molar-refractivity contribution in [3.63, 3.8) is 0 Å². The number of nitrogens with zero attached hydrogens (tertiary/aromatic N) is 5. The molecule has 0 spiro atoms. The van der Waals surface area contributed by atoms with Gasteiger partial charge in [-0.25, -0.2) is 4.98 Å². The van der Waals surface area contributed by atoms with Gasteiger partial charge in [-0.1, -0.05) is 65.7 Å². The van der Waals surface area contributed by atoms with Gasteiger partial charge in [0.25, 0.3) is 0 Å². The summed E-state index contributed by atoms with van der Waals surface area (Å²) in [6, 6.07) is 43.2. The van der Waals surface area contributed by atoms with Gasteiger partial charge in [0.05, 0.1) is 22.8 Å². The maximum Gasteiger partial charge on any atom is 0.0894 e. The van der Waals surface area contributed by atoms with Crippen LogP contribution in [0.25, 0.3) is 56.1 Å². The maximum atomic E-state index is 4.59. The molecule has 0 saturated carbocycles. The fourth-order valence-electron chi connectivity index (χ4n) is 4.36. The van der Waals surface area contributed by atoms with Crippen molar-refractivity contribution in [1.29, 1.82) is 0 Å². The second kappa shape index (κ2) is 13.5. The molecule has 2 aromatic carbocycles. The first-order valence-corrected chi connectivity index (χ1v) is 12.9. The molecule has 0 atom stereocenters. The Morgan fingerprint density at radius 3 is 1.56 bits per heavy atom. The third kappa shape index (κ3) is 6.65. The zero-order valence-electron chi connectivity index (χ0n) is 22.0. The van der Waals surface area contributed by atoms with Crippen LogP contribution in [0.3, 0.4) is 0 Å². The van der Waals surface area contributed by atoms with Crippen LogP contribution < -0.4 is 0 Å². The third-order valence-electron chi connectivity index (χ3n) is 6.27. The molecule has 0 bridgehead atoms. The van der Waals surface area contributed by atoms with Crippen molar-refractivity contribution in [1.82, 2.24) is 24.9 Å². The SMILES string of the molecule is [Re].[c-]1c(-c2ccccn2)cccc1-c1nccc2ccccc12.c1ccc(-c2cccc(-c3ccccn3)n2)nc1. The summed E-state index contributed by atoms with van der Waals surface area (Å²) < 4.78 is 0. The predicted octanol–water partition coefficient (Wildman–Crippen LogP) is 7.97. The summed E-state index contributed by atoms with van der Waals surface area (Å²) in [5.74, 6) is 0. The number of hydrogen-bond acceptors (Lipinski definition) is 5. The molecule has 5 heterocycles. The number of aromatic nitrogens is 5. The molecule has 5 aromatic heterocycles. The van der Waals surface area contributed by atoms with Crippen molar-refractivity contribution in [2.45, 2.75) is 0 Å². The zero-order valence-corrected chi connectivity index (χ0v) is 24.7. The van der Waals surface area contributed by atoms with E-state index < -0.39 is 0 Å². The van der Waals surface area contributed by atoms with Gasteiger partial charge < -0.3 is 0 Å². The van der Waals surface area contributed by atoms with Gasteiger partial charge in [-0.3, -0.25) is 19.9 Å². The molecule has 41 heavy (non-hydrogen) atoms. The average Bonchev–Trinajstić information content (AvgIpc) is 3.06. The fraction of sp³-hybridized carbons (Fsp3) is 0. The molecule has 7 aromatic rings. The molecule has 0 aliphatic rings. The van der Waals surface area contributed by atoms with Crippen molar-refractivity contribution in [2.24, 2.45) is 0 Å². The molecule has 0 aliphatic carbocycles. The maximum absolute atomic E-state index is 4.59. The van der Waals surface area contributed by atoms with Crippen molar-refractivity contribution in [2.75, 3.05) is 0 Å². The van der Waals surface area contributed by atoms with Gasteiger partial charge in [-0.05, 0) is 59.3 Å². The summed E-state index contributed by atoms with van der Waals surface area (Å²) >= 11 is 0. The van der Waals surface area contributed by atoms with Gasteiger partial charge in [0, 0.05) is 56.6 Å². The molecule has 0 amide bonds. The first kappa shape index (κ1) is 27.7. The fourth-order valence-corrected chi connectivity index (χ4v) is 4.36. The molecular weight excluding hydrogens is 677 g/mol. The zero-order chi connectivity index (χ0) is 27.0. The van der Waals surface area contributed by atoms with E-state index in [1.54, 1.807) is 18.6 Å². The predicted molar refractivity (Wildman–Crippen MR) is 160 cm³/mol. The topological polar surface area (TPSA) is 64.5 Å². The molecule has 0 N–H and O–H groups in total. The van der Waals surface area contributed by atoms with E-state index in [0.717, 1.165) is 50.7 Å². The van der Waals surface area contributed by atoms with Crippen LogP contribution >= 0.6 is 0 Å². The number of pyridine rings is 5. The molecule has 0 saturated heterocycles. The van der Waals surface area contributed by atoms with Crippen LogP contribution in [-0.2, 0) is 20.4 Å². The van der Waals surface area contributed by atoms with Gasteiger partial charge in [-0.15, -0.1) is 24.3 Å². The van der Waals surface area contributed by atoms with Crippen LogP contribution in [0.1, 0.15) is 0 Å². The Labute approximate surface area is 252 Å². The Hall–Kier alpha value is -4.89. The number of benzene rings is 2. The standard InChI is InChI=1S/C20H13N2.C15H11N3.Re/c1-2-9-18-15(6-1)11-13-22-20(18)17-8-5-7-16(14-17)19-10-3-4-12-21-19;1-3-10-16-12(6-1)14-8-5-9-15(18-14)13-7-2-4-11-17-13;/h1-13H;1-11H;/q-1;;. The molecule has 6 heteroatoms. The van der Waals surface area contributed by atoms with Gasteiger partial charge in [0.1, 0.15) is 0 Å². The van der Waals surface area contributed by atoms with Crippen molar-refractivity contribution >= 4 is 10.8 Å². The van der Waals surface area contributed by atoms with Gasteiger partial charge in [-0.2, -0.15) is 0 Å². The van der Waals surface area contributed by atoms with E-state index in [0.29, 0.717) is 0 Å². The van der Waals surface area contributed by atoms with E-state index in [1.807, 2.05) is 115 Å². The summed E-state index contributed by atoms with van der Waals surface area (Å²) in [5.41, 5.74) is 7.30. The van der Waals surface area contributed by atoms with Crippen molar-refractivity contribution in [3.8, 4) is 45.3 Å². The van der Waals surface area contributed by atoms with Crippen molar-refractivity contribution in [3.05, 3.63) is 152 Å². The minimum Gasteiger partial charge on any atom is -0.295 e. The Kier molecular flexibility index (Phi) is 9.08. The minimum absolute atomic E-state index is 0. The summed E-state index contributed by atoms with van der Waals surface area (Å²) in [4.78, 5) is 22.1. The number of hydrogen-bond donors (Lipinski definition) is 0. The number of fused-ring (bicyclic) bond motifs is 1. The Balaban J connectivity index is 0.000000164. The first-order chi connectivity index (χ1) is 19.8. The summed E-state index contributed by atoms with van der Waals surface area (Å²) in [6.07, 6.45) is 7.18. The summed E-state index contributed by atoms with van der Waals surface area (Å²) in [7, 11) is 0. The van der Waals surface area contributed by atoms with Gasteiger partial charge in [0.2, 0.25) is 0 Å². The molecule has 5 nitrogen and oxygen atoms in total. The van der Waals surface area contributed by atoms with E-state index in [2.05, 4.69) is 43.1 Å². The monoisotopic (exact) mass is 701 g/mol. The van der Waals surface area contributed by atoms with Crippen LogP contribution in [-0.4, -0.2) is 24.9 Å². The van der Waals surface area contributed by atoms with E-state index in [-0.39, 0.29) is 20.4 Å². The second-order valence-electron chi connectivity index (χ2n) is 8.91. The Morgan fingerprint density at radius 1 is 0.390 bits per heavy atom. The molecular formula is C35H24N5Re-. The van der Waals surface area contributed by atoms with E-state index in [9.17, 15) is 0 Å². The van der Waals surface area contributed by atoms with Crippen LogP contribution in [0, 0.1) is 6.07 Å². The Morgan fingerprint density at radius 2 is 0.927 bits per heavy atom. The van der Waals surface area contributed by atoms with Crippen molar-refractivity contribution < 1.29 is 20.4 Å². The molecule has 0 unspecified atom stereocenters. The Bertz CT molecular complexity index is 1790. The van der Waals surface area contributed by atoms with Crippen LogP contribution in [0.5, 0.6) is 0 Å². The molecule has 0 aliphatic heterocycles. The first-order valence-electron chi connectivity index (χ1n) is 12.9. The average molecular weight is 701 g/mol. The molecule has 0 fully saturated rings. The summed E-state index contributed by atoms with van der Waals surface area (Å²) in [5, 5.41) is 2.32. The summed E-state index contributed by atoms with van der Waals surface area (Å²) in [6.45, 7) is 0. The second-order valence-corrected chi connectivity index (χ2v) is 8.91. The van der Waals surface area contributed by atoms with E-state index >= 15 is 0 Å². The van der Waals surface area contributed by atoms with Crippen LogP contribution in [0.2, 0.25) is 0 Å². The normalized spacial score (nSPS) is 10.2. The van der Waals surface area contributed by atoms with Crippen LogP contribution in [0.15, 0.2) is 146 Å². The third-order valence-corrected chi connectivity index (χ3v) is 6.27. The van der Waals surface area contributed by atoms with E-state index in [1.165, 1.54) is 5.39 Å². The largest absolute Gasteiger partial charge is 0.295 e. The van der Waals surface area contributed by atoms with Crippen LogP contribution in [0.4, 0.5) is 0 Å². The quantitative estimate of drug-likeness (QED) is 0.175. The van der Waals surface area contributed by atoms with Gasteiger partial charge in [0.15, 0.2) is 0 Å². The van der Waals surface area contributed by atoms with E-state index in [4.69, 9.17) is 0 Å². The minimum atomic E-state index is 0. The smallest absolute Gasteiger partial charge is 0.0894 e. The molecule has 1 radical (unpaired) electrons.